The molecule has 30 heavy (non-hydrogen) atoms. The summed E-state index contributed by atoms with van der Waals surface area (Å²) in [6, 6.07) is 16.4. The topological polar surface area (TPSA) is 74.1 Å². The molecule has 1 amide bonds. The highest BCUT2D eigenvalue weighted by Crippen LogP contribution is 2.34. The van der Waals surface area contributed by atoms with Crippen LogP contribution in [0.4, 0.5) is 5.69 Å². The molecule has 2 aromatic heterocycles. The zero-order valence-electron chi connectivity index (χ0n) is 16.3. The third-order valence-electron chi connectivity index (χ3n) is 4.87. The van der Waals surface area contributed by atoms with Crippen molar-refractivity contribution in [3.05, 3.63) is 83.8 Å². The van der Waals surface area contributed by atoms with Crippen molar-refractivity contribution < 1.29 is 19.0 Å². The smallest absolute Gasteiger partial charge is 0.259 e. The van der Waals surface area contributed by atoms with Crippen molar-refractivity contribution >= 4 is 17.2 Å². The molecule has 7 nitrogen and oxygen atoms in total. The van der Waals surface area contributed by atoms with Crippen LogP contribution in [0, 0.1) is 6.92 Å². The lowest BCUT2D eigenvalue weighted by Crippen LogP contribution is -2.13. The number of benzene rings is 2. The quantitative estimate of drug-likeness (QED) is 0.542. The molecule has 1 aliphatic rings. The highest BCUT2D eigenvalue weighted by Gasteiger charge is 2.17. The number of hydrogen-bond donors (Lipinski definition) is 1. The Morgan fingerprint density at radius 3 is 2.90 bits per heavy atom. The van der Waals surface area contributed by atoms with E-state index in [-0.39, 0.29) is 19.3 Å². The van der Waals surface area contributed by atoms with Gasteiger partial charge in [0, 0.05) is 24.1 Å². The SMILES string of the molecule is Cc1cccn2cc(COc3ccccc3C(=O)Nc3ccc4c(c3)OCO4)nc12. The van der Waals surface area contributed by atoms with Crippen molar-refractivity contribution in [1.82, 2.24) is 9.38 Å². The van der Waals surface area contributed by atoms with Gasteiger partial charge in [-0.1, -0.05) is 18.2 Å². The summed E-state index contributed by atoms with van der Waals surface area (Å²) in [4.78, 5) is 17.5. The molecule has 0 unspecified atom stereocenters. The zero-order valence-corrected chi connectivity index (χ0v) is 16.3. The van der Waals surface area contributed by atoms with Crippen LogP contribution >= 0.6 is 0 Å². The minimum absolute atomic E-state index is 0.186. The Hall–Kier alpha value is -4.00. The number of imidazole rings is 1. The van der Waals surface area contributed by atoms with E-state index in [1.807, 2.05) is 41.9 Å². The van der Waals surface area contributed by atoms with Gasteiger partial charge in [-0.2, -0.15) is 0 Å². The molecule has 0 aliphatic carbocycles. The van der Waals surface area contributed by atoms with Crippen LogP contribution in [0.15, 0.2) is 67.0 Å². The number of carbonyl (C=O) groups excluding carboxylic acids is 1. The van der Waals surface area contributed by atoms with Crippen molar-refractivity contribution in [2.75, 3.05) is 12.1 Å². The molecule has 0 atom stereocenters. The third-order valence-corrected chi connectivity index (χ3v) is 4.87. The fourth-order valence-electron chi connectivity index (χ4n) is 3.38. The van der Waals surface area contributed by atoms with Gasteiger partial charge in [0.05, 0.1) is 11.3 Å². The summed E-state index contributed by atoms with van der Waals surface area (Å²) < 4.78 is 18.6. The van der Waals surface area contributed by atoms with E-state index >= 15 is 0 Å². The second-order valence-corrected chi connectivity index (χ2v) is 6.96. The average molecular weight is 401 g/mol. The molecule has 0 fully saturated rings. The number of aromatic nitrogens is 2. The van der Waals surface area contributed by atoms with Crippen LogP contribution in [0.2, 0.25) is 0 Å². The predicted octanol–water partition coefficient (Wildman–Crippen LogP) is 4.20. The van der Waals surface area contributed by atoms with E-state index in [9.17, 15) is 4.79 Å². The number of nitrogens with one attached hydrogen (secondary N) is 1. The molecular formula is C23H19N3O4. The van der Waals surface area contributed by atoms with Crippen LogP contribution < -0.4 is 19.5 Å². The van der Waals surface area contributed by atoms with Gasteiger partial charge in [0.2, 0.25) is 6.79 Å². The standard InChI is InChI=1S/C23H19N3O4/c1-15-5-4-10-26-12-17(24-22(15)26)13-28-19-7-3-2-6-18(19)23(27)25-16-8-9-20-21(11-16)30-14-29-20/h2-12H,13-14H2,1H3,(H,25,27). The number of amides is 1. The molecule has 3 heterocycles. The Morgan fingerprint density at radius 2 is 2.00 bits per heavy atom. The van der Waals surface area contributed by atoms with Gasteiger partial charge in [-0.05, 0) is 42.8 Å². The highest BCUT2D eigenvalue weighted by atomic mass is 16.7. The van der Waals surface area contributed by atoms with E-state index in [0.29, 0.717) is 28.5 Å². The van der Waals surface area contributed by atoms with Gasteiger partial charge in [0.1, 0.15) is 18.0 Å². The van der Waals surface area contributed by atoms with Crippen LogP contribution in [0.1, 0.15) is 21.6 Å². The largest absolute Gasteiger partial charge is 0.486 e. The Bertz CT molecular complexity index is 1250. The number of pyridine rings is 1. The molecule has 0 saturated carbocycles. The molecule has 1 aliphatic heterocycles. The minimum Gasteiger partial charge on any atom is -0.486 e. The monoisotopic (exact) mass is 401 g/mol. The molecule has 0 spiro atoms. The Balaban J connectivity index is 1.33. The van der Waals surface area contributed by atoms with E-state index in [1.165, 1.54) is 0 Å². The van der Waals surface area contributed by atoms with Crippen molar-refractivity contribution in [2.45, 2.75) is 13.5 Å². The molecule has 0 bridgehead atoms. The summed E-state index contributed by atoms with van der Waals surface area (Å²) in [5, 5.41) is 2.88. The van der Waals surface area contributed by atoms with Crippen LogP contribution in [-0.4, -0.2) is 22.1 Å². The zero-order chi connectivity index (χ0) is 20.5. The van der Waals surface area contributed by atoms with Gasteiger partial charge >= 0.3 is 0 Å². The summed E-state index contributed by atoms with van der Waals surface area (Å²) in [5.74, 6) is 1.50. The summed E-state index contributed by atoms with van der Waals surface area (Å²) in [5.41, 5.74) is 3.83. The van der Waals surface area contributed by atoms with Crippen LogP contribution in [0.5, 0.6) is 17.2 Å². The van der Waals surface area contributed by atoms with E-state index in [1.54, 1.807) is 36.4 Å². The van der Waals surface area contributed by atoms with Gasteiger partial charge in [-0.3, -0.25) is 4.79 Å². The molecule has 0 radical (unpaired) electrons. The number of fused-ring (bicyclic) bond motifs is 2. The highest BCUT2D eigenvalue weighted by molar-refractivity contribution is 6.06. The molecule has 4 aromatic rings. The first-order valence-corrected chi connectivity index (χ1v) is 9.53. The first-order chi connectivity index (χ1) is 14.7. The predicted molar refractivity (Wildman–Crippen MR) is 111 cm³/mol. The van der Waals surface area contributed by atoms with Gasteiger partial charge < -0.3 is 23.9 Å². The molecule has 150 valence electrons. The van der Waals surface area contributed by atoms with Crippen molar-refractivity contribution in [2.24, 2.45) is 0 Å². The lowest BCUT2D eigenvalue weighted by atomic mass is 10.1. The summed E-state index contributed by atoms with van der Waals surface area (Å²) in [6.07, 6.45) is 3.88. The first-order valence-electron chi connectivity index (χ1n) is 9.53. The fourth-order valence-corrected chi connectivity index (χ4v) is 3.38. The third kappa shape index (κ3) is 3.41. The fraction of sp³-hybridized carbons (Fsp3) is 0.130. The van der Waals surface area contributed by atoms with Gasteiger partial charge in [0.25, 0.3) is 5.91 Å². The lowest BCUT2D eigenvalue weighted by molar-refractivity contribution is 0.102. The number of aryl methyl sites for hydroxylation is 1. The Kier molecular flexibility index (Phi) is 4.48. The summed E-state index contributed by atoms with van der Waals surface area (Å²) in [7, 11) is 0. The molecule has 2 aromatic carbocycles. The number of nitrogens with zero attached hydrogens (tertiary/aromatic N) is 2. The van der Waals surface area contributed by atoms with Gasteiger partial charge in [-0.25, -0.2) is 4.98 Å². The summed E-state index contributed by atoms with van der Waals surface area (Å²) >= 11 is 0. The van der Waals surface area contributed by atoms with E-state index in [0.717, 1.165) is 16.9 Å². The van der Waals surface area contributed by atoms with E-state index < -0.39 is 0 Å². The average Bonchev–Trinajstić information content (AvgIpc) is 3.39. The van der Waals surface area contributed by atoms with Crippen molar-refractivity contribution in [3.63, 3.8) is 0 Å². The van der Waals surface area contributed by atoms with Gasteiger partial charge in [0.15, 0.2) is 11.5 Å². The van der Waals surface area contributed by atoms with E-state index in [2.05, 4.69) is 10.3 Å². The minimum atomic E-state index is -0.268. The number of carbonyl (C=O) groups is 1. The number of rotatable bonds is 5. The molecule has 1 N–H and O–H groups in total. The normalized spacial score (nSPS) is 12.2. The second-order valence-electron chi connectivity index (χ2n) is 6.96. The van der Waals surface area contributed by atoms with Gasteiger partial charge in [-0.15, -0.1) is 0 Å². The van der Waals surface area contributed by atoms with E-state index in [4.69, 9.17) is 14.2 Å². The maximum Gasteiger partial charge on any atom is 0.259 e. The number of anilines is 1. The lowest BCUT2D eigenvalue weighted by Gasteiger charge is -2.11. The Morgan fingerprint density at radius 1 is 1.13 bits per heavy atom. The van der Waals surface area contributed by atoms with Crippen LogP contribution in [-0.2, 0) is 6.61 Å². The molecule has 7 heteroatoms. The maximum atomic E-state index is 12.8. The molecule has 5 rings (SSSR count). The summed E-state index contributed by atoms with van der Waals surface area (Å²) in [6.45, 7) is 2.46. The first kappa shape index (κ1) is 18.1. The van der Waals surface area contributed by atoms with Crippen molar-refractivity contribution in [3.8, 4) is 17.2 Å². The Labute approximate surface area is 172 Å². The molecule has 0 saturated heterocycles. The number of para-hydroxylation sites is 1. The second kappa shape index (κ2) is 7.44. The van der Waals surface area contributed by atoms with Crippen LogP contribution in [0.25, 0.3) is 5.65 Å². The van der Waals surface area contributed by atoms with Crippen molar-refractivity contribution in [1.29, 1.82) is 0 Å². The number of ether oxygens (including phenoxy) is 3. The number of hydrogen-bond acceptors (Lipinski definition) is 5. The van der Waals surface area contributed by atoms with Crippen LogP contribution in [0.3, 0.4) is 0 Å². The molecular weight excluding hydrogens is 382 g/mol. The maximum absolute atomic E-state index is 12.8.